The van der Waals surface area contributed by atoms with Gasteiger partial charge in [0.2, 0.25) is 0 Å². The molecule has 0 radical (unpaired) electrons. The van der Waals surface area contributed by atoms with E-state index in [1.54, 1.807) is 0 Å². The molecule has 112 valence electrons. The van der Waals surface area contributed by atoms with Crippen molar-refractivity contribution in [1.82, 2.24) is 5.32 Å². The first kappa shape index (κ1) is 15.3. The summed E-state index contributed by atoms with van der Waals surface area (Å²) in [5.41, 5.74) is 2.51. The number of carbonyl (C=O) groups is 1. The highest BCUT2D eigenvalue weighted by Gasteiger charge is 2.47. The maximum atomic E-state index is 11.6. The highest BCUT2D eigenvalue weighted by molar-refractivity contribution is 5.75. The van der Waals surface area contributed by atoms with E-state index in [-0.39, 0.29) is 11.5 Å². The first-order valence-corrected chi connectivity index (χ1v) is 7.64. The number of piperidine rings is 1. The van der Waals surface area contributed by atoms with Crippen LogP contribution in [0.2, 0.25) is 0 Å². The number of carboxylic acid groups (broad SMARTS) is 1. The molecule has 0 aromatic rings. The molecule has 2 N–H and O–H groups in total. The molecule has 3 nitrogen and oxygen atoms in total. The van der Waals surface area contributed by atoms with Crippen molar-refractivity contribution in [2.75, 3.05) is 0 Å². The van der Waals surface area contributed by atoms with Crippen LogP contribution in [-0.2, 0) is 4.79 Å². The van der Waals surface area contributed by atoms with Crippen LogP contribution in [-0.4, -0.2) is 22.7 Å². The van der Waals surface area contributed by atoms with Crippen LogP contribution in [0.25, 0.3) is 0 Å². The minimum atomic E-state index is -0.712. The summed E-state index contributed by atoms with van der Waals surface area (Å²) in [5.74, 6) is 0.0108. The van der Waals surface area contributed by atoms with Crippen LogP contribution in [0.5, 0.6) is 0 Å². The third-order valence-corrected chi connectivity index (χ3v) is 5.12. The molecule has 1 aliphatic carbocycles. The molecule has 0 aromatic carbocycles. The van der Waals surface area contributed by atoms with Gasteiger partial charge in [0.05, 0.1) is 0 Å². The number of fused-ring (bicyclic) bond motifs is 2. The highest BCUT2D eigenvalue weighted by Crippen LogP contribution is 2.43. The molecular weight excluding hydrogens is 250 g/mol. The van der Waals surface area contributed by atoms with E-state index in [9.17, 15) is 9.90 Å². The zero-order valence-corrected chi connectivity index (χ0v) is 13.1. The number of nitrogens with one attached hydrogen (secondary N) is 1. The van der Waals surface area contributed by atoms with E-state index in [1.165, 1.54) is 11.1 Å². The monoisotopic (exact) mass is 277 g/mol. The lowest BCUT2D eigenvalue weighted by molar-refractivity contribution is -0.143. The van der Waals surface area contributed by atoms with E-state index in [1.807, 2.05) is 0 Å². The zero-order chi connectivity index (χ0) is 14.9. The Bertz CT molecular complexity index is 448. The van der Waals surface area contributed by atoms with Crippen LogP contribution in [0.1, 0.15) is 53.4 Å². The summed E-state index contributed by atoms with van der Waals surface area (Å²) in [6.45, 7) is 8.50. The van der Waals surface area contributed by atoms with Crippen molar-refractivity contribution >= 4 is 5.97 Å². The molecule has 2 bridgehead atoms. The molecule has 2 aliphatic rings. The molecule has 0 amide bonds. The van der Waals surface area contributed by atoms with Gasteiger partial charge in [-0.1, -0.05) is 23.3 Å². The molecule has 0 saturated carbocycles. The van der Waals surface area contributed by atoms with Gasteiger partial charge in [0.15, 0.2) is 0 Å². The van der Waals surface area contributed by atoms with Crippen LogP contribution in [0.4, 0.5) is 0 Å². The lowest BCUT2D eigenvalue weighted by Gasteiger charge is -2.50. The van der Waals surface area contributed by atoms with Crippen molar-refractivity contribution in [2.45, 2.75) is 65.0 Å². The lowest BCUT2D eigenvalue weighted by atomic mass is 9.64. The fraction of sp³-hybridized carbons (Fsp3) is 0.706. The van der Waals surface area contributed by atoms with Crippen LogP contribution < -0.4 is 5.32 Å². The molecule has 1 fully saturated rings. The smallest absolute Gasteiger partial charge is 0.321 e. The van der Waals surface area contributed by atoms with E-state index in [4.69, 9.17) is 0 Å². The zero-order valence-electron chi connectivity index (χ0n) is 13.1. The van der Waals surface area contributed by atoms with Crippen molar-refractivity contribution in [3.05, 3.63) is 23.3 Å². The summed E-state index contributed by atoms with van der Waals surface area (Å²) < 4.78 is 0. The van der Waals surface area contributed by atoms with Crippen LogP contribution in [0.3, 0.4) is 0 Å². The first-order valence-electron chi connectivity index (χ1n) is 7.64. The summed E-state index contributed by atoms with van der Waals surface area (Å²) in [6.07, 6.45) is 8.62. The Balaban J connectivity index is 2.18. The third kappa shape index (κ3) is 2.98. The first-order chi connectivity index (χ1) is 9.33. The predicted octanol–water partition coefficient (Wildman–Crippen LogP) is 3.52. The average Bonchev–Trinajstić information content (AvgIpc) is 2.36. The Kier molecular flexibility index (Phi) is 4.38. The Morgan fingerprint density at radius 3 is 2.85 bits per heavy atom. The Hall–Kier alpha value is -1.09. The largest absolute Gasteiger partial charge is 0.480 e. The Morgan fingerprint density at radius 2 is 2.25 bits per heavy atom. The average molecular weight is 277 g/mol. The van der Waals surface area contributed by atoms with Crippen LogP contribution >= 0.6 is 0 Å². The quantitative estimate of drug-likeness (QED) is 0.773. The van der Waals surface area contributed by atoms with Crippen molar-refractivity contribution in [2.24, 2.45) is 11.8 Å². The second-order valence-electron chi connectivity index (χ2n) is 6.92. The molecule has 1 aliphatic heterocycles. The maximum Gasteiger partial charge on any atom is 0.321 e. The number of hydrogen-bond donors (Lipinski definition) is 2. The van der Waals surface area contributed by atoms with Crippen molar-refractivity contribution in [1.29, 1.82) is 0 Å². The molecule has 4 atom stereocenters. The van der Waals surface area contributed by atoms with E-state index >= 15 is 0 Å². The molecule has 2 rings (SSSR count). The minimum Gasteiger partial charge on any atom is -0.480 e. The van der Waals surface area contributed by atoms with E-state index in [0.717, 1.165) is 25.7 Å². The lowest BCUT2D eigenvalue weighted by Crippen LogP contribution is -2.63. The van der Waals surface area contributed by atoms with Gasteiger partial charge in [0.25, 0.3) is 0 Å². The fourth-order valence-corrected chi connectivity index (χ4v) is 3.73. The predicted molar refractivity (Wildman–Crippen MR) is 81.6 cm³/mol. The molecule has 3 heteroatoms. The van der Waals surface area contributed by atoms with Gasteiger partial charge in [-0.3, -0.25) is 10.1 Å². The summed E-state index contributed by atoms with van der Waals surface area (Å²) in [7, 11) is 0. The van der Waals surface area contributed by atoms with Crippen molar-refractivity contribution < 1.29 is 9.90 Å². The number of aliphatic carboxylic acids is 1. The summed E-state index contributed by atoms with van der Waals surface area (Å²) >= 11 is 0. The molecular formula is C17H27NO2. The number of carboxylic acids is 1. The van der Waals surface area contributed by atoms with Crippen molar-refractivity contribution in [3.8, 4) is 0 Å². The van der Waals surface area contributed by atoms with Crippen molar-refractivity contribution in [3.63, 3.8) is 0 Å². The summed E-state index contributed by atoms with van der Waals surface area (Å²) in [4.78, 5) is 11.6. The number of allylic oxidation sites excluding steroid dienone is 3. The second-order valence-corrected chi connectivity index (χ2v) is 6.92. The SMILES string of the molecule is CC(C)=CCC[C@]1(C)N[C@@H](C(=O)O)C2C[C@H]1CC=C2C. The normalized spacial score (nSPS) is 36.2. The fourth-order valence-electron chi connectivity index (χ4n) is 3.73. The van der Waals surface area contributed by atoms with Gasteiger partial charge in [-0.05, 0) is 59.3 Å². The van der Waals surface area contributed by atoms with Gasteiger partial charge in [-0.2, -0.15) is 0 Å². The second kappa shape index (κ2) is 5.72. The van der Waals surface area contributed by atoms with Gasteiger partial charge < -0.3 is 5.11 Å². The molecule has 20 heavy (non-hydrogen) atoms. The van der Waals surface area contributed by atoms with E-state index in [2.05, 4.69) is 45.2 Å². The summed E-state index contributed by atoms with van der Waals surface area (Å²) in [6, 6.07) is -0.431. The number of rotatable bonds is 4. The summed E-state index contributed by atoms with van der Waals surface area (Å²) in [5, 5.41) is 13.0. The van der Waals surface area contributed by atoms with Gasteiger partial charge in [-0.15, -0.1) is 0 Å². The third-order valence-electron chi connectivity index (χ3n) is 5.12. The van der Waals surface area contributed by atoms with E-state index < -0.39 is 12.0 Å². The number of hydrogen-bond acceptors (Lipinski definition) is 2. The highest BCUT2D eigenvalue weighted by atomic mass is 16.4. The maximum absolute atomic E-state index is 11.6. The van der Waals surface area contributed by atoms with Gasteiger partial charge in [0, 0.05) is 11.5 Å². The molecule has 0 spiro atoms. The van der Waals surface area contributed by atoms with E-state index in [0.29, 0.717) is 5.92 Å². The van der Waals surface area contributed by atoms with Crippen LogP contribution in [0.15, 0.2) is 23.3 Å². The molecule has 1 unspecified atom stereocenters. The Labute approximate surface area is 122 Å². The molecule has 1 heterocycles. The minimum absolute atomic E-state index is 0.0668. The topological polar surface area (TPSA) is 49.3 Å². The van der Waals surface area contributed by atoms with Gasteiger partial charge >= 0.3 is 5.97 Å². The molecule has 1 saturated heterocycles. The van der Waals surface area contributed by atoms with Gasteiger partial charge in [-0.25, -0.2) is 0 Å². The standard InChI is InChI=1S/C17H27NO2/c1-11(2)6-5-9-17(4)13-8-7-12(3)14(10-13)15(18-17)16(19)20/h6-7,13-15,18H,5,8-10H2,1-4H3,(H,19,20)/t13-,14?,15-,17+/m1/s1. The molecule has 0 aromatic heterocycles. The van der Waals surface area contributed by atoms with Crippen LogP contribution in [0, 0.1) is 11.8 Å². The Morgan fingerprint density at radius 1 is 1.55 bits per heavy atom. The van der Waals surface area contributed by atoms with Gasteiger partial charge in [0.1, 0.15) is 6.04 Å².